The molecule has 1 saturated carbocycles. The standard InChI is InChI=1S/C10H12N4O/c11-4-1-6-14(9-2-3-9)10(15)13-7-5-12-8-13/h5,7-9H,1-3,6H2. The van der Waals surface area contributed by atoms with Crippen LogP contribution >= 0.6 is 0 Å². The summed E-state index contributed by atoms with van der Waals surface area (Å²) in [7, 11) is 0. The molecule has 1 aliphatic rings. The molecule has 0 atom stereocenters. The Labute approximate surface area is 87.9 Å². The average molecular weight is 204 g/mol. The van der Waals surface area contributed by atoms with Crippen LogP contribution in [0.4, 0.5) is 4.79 Å². The van der Waals surface area contributed by atoms with Crippen molar-refractivity contribution in [3.05, 3.63) is 18.7 Å². The van der Waals surface area contributed by atoms with Crippen molar-refractivity contribution in [1.82, 2.24) is 14.5 Å². The third-order valence-electron chi connectivity index (χ3n) is 2.42. The summed E-state index contributed by atoms with van der Waals surface area (Å²) in [4.78, 5) is 17.5. The minimum atomic E-state index is -0.0785. The van der Waals surface area contributed by atoms with Crippen molar-refractivity contribution in [2.45, 2.75) is 25.3 Å². The smallest absolute Gasteiger partial charge is 0.320 e. The predicted octanol–water partition coefficient (Wildman–Crippen LogP) is 1.23. The summed E-state index contributed by atoms with van der Waals surface area (Å²) in [6.07, 6.45) is 7.18. The molecule has 1 heterocycles. The summed E-state index contributed by atoms with van der Waals surface area (Å²) in [6.45, 7) is 0.512. The second kappa shape index (κ2) is 4.13. The van der Waals surface area contributed by atoms with E-state index in [4.69, 9.17) is 5.26 Å². The highest BCUT2D eigenvalue weighted by molar-refractivity contribution is 5.77. The van der Waals surface area contributed by atoms with Crippen LogP contribution in [0.25, 0.3) is 0 Å². The summed E-state index contributed by atoms with van der Waals surface area (Å²) in [5.74, 6) is 0. The van der Waals surface area contributed by atoms with Crippen molar-refractivity contribution in [2.75, 3.05) is 6.54 Å². The fourth-order valence-corrected chi connectivity index (χ4v) is 1.51. The first kappa shape index (κ1) is 9.71. The molecule has 0 bridgehead atoms. The Bertz CT molecular complexity index is 375. The SMILES string of the molecule is N#CCCN(C(=O)n1ccnc1)C1CC1. The molecule has 0 aliphatic heterocycles. The third-order valence-corrected chi connectivity index (χ3v) is 2.42. The number of hydrogen-bond donors (Lipinski definition) is 0. The van der Waals surface area contributed by atoms with Gasteiger partial charge in [-0.05, 0) is 12.8 Å². The second-order valence-electron chi connectivity index (χ2n) is 3.59. The van der Waals surface area contributed by atoms with E-state index in [2.05, 4.69) is 11.1 Å². The van der Waals surface area contributed by atoms with Gasteiger partial charge < -0.3 is 4.90 Å². The van der Waals surface area contributed by atoms with Crippen LogP contribution in [0.15, 0.2) is 18.7 Å². The molecule has 1 aliphatic carbocycles. The Hall–Kier alpha value is -1.83. The van der Waals surface area contributed by atoms with Gasteiger partial charge in [-0.1, -0.05) is 0 Å². The second-order valence-corrected chi connectivity index (χ2v) is 3.59. The molecule has 1 amide bonds. The van der Waals surface area contributed by atoms with Crippen LogP contribution in [-0.4, -0.2) is 33.1 Å². The number of carbonyl (C=O) groups excluding carboxylic acids is 1. The molecular formula is C10H12N4O. The van der Waals surface area contributed by atoms with Gasteiger partial charge in [0.2, 0.25) is 0 Å². The molecule has 0 N–H and O–H groups in total. The van der Waals surface area contributed by atoms with Crippen molar-refractivity contribution in [3.8, 4) is 6.07 Å². The van der Waals surface area contributed by atoms with Gasteiger partial charge in [0, 0.05) is 25.0 Å². The van der Waals surface area contributed by atoms with Gasteiger partial charge in [0.05, 0.1) is 12.5 Å². The molecule has 15 heavy (non-hydrogen) atoms. The fourth-order valence-electron chi connectivity index (χ4n) is 1.51. The highest BCUT2D eigenvalue weighted by atomic mass is 16.2. The van der Waals surface area contributed by atoms with Gasteiger partial charge in [-0.25, -0.2) is 9.78 Å². The van der Waals surface area contributed by atoms with Crippen LogP contribution in [0, 0.1) is 11.3 Å². The zero-order chi connectivity index (χ0) is 10.7. The maximum absolute atomic E-state index is 11.9. The third kappa shape index (κ3) is 2.15. The van der Waals surface area contributed by atoms with Crippen LogP contribution in [0.2, 0.25) is 0 Å². The fraction of sp³-hybridized carbons (Fsp3) is 0.500. The molecule has 0 radical (unpaired) electrons. The number of nitrogens with zero attached hydrogens (tertiary/aromatic N) is 4. The van der Waals surface area contributed by atoms with E-state index in [1.54, 1.807) is 17.3 Å². The highest BCUT2D eigenvalue weighted by Crippen LogP contribution is 2.27. The summed E-state index contributed by atoms with van der Waals surface area (Å²) in [5.41, 5.74) is 0. The lowest BCUT2D eigenvalue weighted by molar-refractivity contribution is 0.197. The van der Waals surface area contributed by atoms with E-state index < -0.39 is 0 Å². The molecule has 78 valence electrons. The molecular weight excluding hydrogens is 192 g/mol. The van der Waals surface area contributed by atoms with Gasteiger partial charge in [0.1, 0.15) is 6.33 Å². The minimum Gasteiger partial charge on any atom is -0.320 e. The van der Waals surface area contributed by atoms with Crippen LogP contribution in [0.3, 0.4) is 0 Å². The van der Waals surface area contributed by atoms with Gasteiger partial charge >= 0.3 is 6.03 Å². The van der Waals surface area contributed by atoms with E-state index in [1.165, 1.54) is 10.9 Å². The Morgan fingerprint density at radius 3 is 3.00 bits per heavy atom. The summed E-state index contributed by atoms with van der Waals surface area (Å²) >= 11 is 0. The first-order chi connectivity index (χ1) is 7.33. The molecule has 2 rings (SSSR count). The number of imidazole rings is 1. The van der Waals surface area contributed by atoms with E-state index in [-0.39, 0.29) is 6.03 Å². The molecule has 0 spiro atoms. The summed E-state index contributed by atoms with van der Waals surface area (Å²) in [6, 6.07) is 2.31. The van der Waals surface area contributed by atoms with Crippen LogP contribution in [0.5, 0.6) is 0 Å². The van der Waals surface area contributed by atoms with Gasteiger partial charge in [-0.2, -0.15) is 5.26 Å². The molecule has 1 aromatic rings. The van der Waals surface area contributed by atoms with Crippen molar-refractivity contribution < 1.29 is 4.79 Å². The molecule has 0 aromatic carbocycles. The van der Waals surface area contributed by atoms with E-state index in [9.17, 15) is 4.79 Å². The highest BCUT2D eigenvalue weighted by Gasteiger charge is 2.32. The average Bonchev–Trinajstić information content (AvgIpc) is 2.94. The largest absolute Gasteiger partial charge is 0.329 e. The number of amides is 1. The Morgan fingerprint density at radius 2 is 2.47 bits per heavy atom. The Morgan fingerprint density at radius 1 is 1.67 bits per heavy atom. The first-order valence-corrected chi connectivity index (χ1v) is 4.99. The predicted molar refractivity (Wildman–Crippen MR) is 53.0 cm³/mol. The van der Waals surface area contributed by atoms with Gasteiger partial charge in [-0.15, -0.1) is 0 Å². The van der Waals surface area contributed by atoms with Crippen molar-refractivity contribution in [1.29, 1.82) is 5.26 Å². The van der Waals surface area contributed by atoms with Gasteiger partial charge in [-0.3, -0.25) is 4.57 Å². The maximum Gasteiger partial charge on any atom is 0.329 e. The lowest BCUT2D eigenvalue weighted by Crippen LogP contribution is -2.36. The van der Waals surface area contributed by atoms with Crippen molar-refractivity contribution in [3.63, 3.8) is 0 Å². The van der Waals surface area contributed by atoms with Crippen LogP contribution in [0.1, 0.15) is 19.3 Å². The quantitative estimate of drug-likeness (QED) is 0.743. The minimum absolute atomic E-state index is 0.0785. The van der Waals surface area contributed by atoms with E-state index in [0.29, 0.717) is 19.0 Å². The molecule has 5 nitrogen and oxygen atoms in total. The normalized spacial score (nSPS) is 14.6. The summed E-state index contributed by atoms with van der Waals surface area (Å²) < 4.78 is 1.45. The molecule has 5 heteroatoms. The van der Waals surface area contributed by atoms with E-state index >= 15 is 0 Å². The van der Waals surface area contributed by atoms with Crippen LogP contribution in [-0.2, 0) is 0 Å². The molecule has 1 aromatic heterocycles. The van der Waals surface area contributed by atoms with Gasteiger partial charge in [0.25, 0.3) is 0 Å². The Kier molecular flexibility index (Phi) is 2.68. The lowest BCUT2D eigenvalue weighted by atomic mass is 10.4. The monoisotopic (exact) mass is 204 g/mol. The van der Waals surface area contributed by atoms with Crippen molar-refractivity contribution >= 4 is 6.03 Å². The first-order valence-electron chi connectivity index (χ1n) is 4.99. The number of nitriles is 1. The molecule has 0 saturated heterocycles. The lowest BCUT2D eigenvalue weighted by Gasteiger charge is -2.20. The topological polar surface area (TPSA) is 61.9 Å². The van der Waals surface area contributed by atoms with Gasteiger partial charge in [0.15, 0.2) is 0 Å². The number of aromatic nitrogens is 2. The van der Waals surface area contributed by atoms with E-state index in [1.807, 2.05) is 0 Å². The maximum atomic E-state index is 11.9. The molecule has 1 fully saturated rings. The van der Waals surface area contributed by atoms with E-state index in [0.717, 1.165) is 12.8 Å². The zero-order valence-corrected chi connectivity index (χ0v) is 8.33. The number of rotatable bonds is 3. The van der Waals surface area contributed by atoms with Crippen molar-refractivity contribution in [2.24, 2.45) is 0 Å². The molecule has 0 unspecified atom stereocenters. The van der Waals surface area contributed by atoms with Crippen LogP contribution < -0.4 is 0 Å². The zero-order valence-electron chi connectivity index (χ0n) is 8.33. The number of carbonyl (C=O) groups is 1. The number of hydrogen-bond acceptors (Lipinski definition) is 3. The Balaban J connectivity index is 2.04. The summed E-state index contributed by atoms with van der Waals surface area (Å²) in [5, 5.41) is 8.52.